The number of carbonyl (C=O) groups excluding carboxylic acids is 2. The number of ether oxygens (including phenoxy) is 1. The number of aryl methyl sites for hydroxylation is 2. The highest BCUT2D eigenvalue weighted by atomic mass is 16.5. The Morgan fingerprint density at radius 2 is 1.77 bits per heavy atom. The second kappa shape index (κ2) is 9.05. The summed E-state index contributed by atoms with van der Waals surface area (Å²) in [4.78, 5) is 30.7. The van der Waals surface area contributed by atoms with Crippen molar-refractivity contribution in [1.29, 1.82) is 0 Å². The molecule has 2 N–H and O–H groups in total. The lowest BCUT2D eigenvalue weighted by atomic mass is 10.0. The third kappa shape index (κ3) is 4.49. The molecule has 0 saturated carbocycles. The average Bonchev–Trinajstić information content (AvgIpc) is 2.71. The molecule has 0 fully saturated rings. The first kappa shape index (κ1) is 21.5. The molecule has 1 aromatic heterocycles. The lowest BCUT2D eigenvalue weighted by Crippen LogP contribution is -3.08. The number of hydrogen-bond donors (Lipinski definition) is 2. The van der Waals surface area contributed by atoms with Crippen molar-refractivity contribution in [3.63, 3.8) is 0 Å². The maximum Gasteiger partial charge on any atom is 0.340 e. The molecule has 156 valence electrons. The fraction of sp³-hybridized carbons (Fsp3) is 0.292. The lowest BCUT2D eigenvalue weighted by molar-refractivity contribution is -0.885. The van der Waals surface area contributed by atoms with Crippen LogP contribution in [0.1, 0.15) is 32.7 Å². The number of nitrogens with one attached hydrogen (secondary N) is 2. The van der Waals surface area contributed by atoms with E-state index in [1.54, 1.807) is 0 Å². The molecule has 3 rings (SSSR count). The maximum atomic E-state index is 12.6. The predicted octanol–water partition coefficient (Wildman–Crippen LogP) is 2.60. The van der Waals surface area contributed by atoms with E-state index in [1.165, 1.54) is 7.11 Å². The summed E-state index contributed by atoms with van der Waals surface area (Å²) in [5, 5.41) is 3.91. The van der Waals surface area contributed by atoms with Gasteiger partial charge >= 0.3 is 5.97 Å². The Morgan fingerprint density at radius 3 is 2.50 bits per heavy atom. The molecule has 2 aromatic carbocycles. The van der Waals surface area contributed by atoms with Gasteiger partial charge in [-0.1, -0.05) is 30.3 Å². The number of pyridine rings is 1. The van der Waals surface area contributed by atoms with Crippen LogP contribution in [-0.4, -0.2) is 37.6 Å². The number of esters is 1. The van der Waals surface area contributed by atoms with Gasteiger partial charge in [-0.05, 0) is 49.6 Å². The zero-order chi connectivity index (χ0) is 21.8. The van der Waals surface area contributed by atoms with Crippen molar-refractivity contribution in [3.05, 3.63) is 70.4 Å². The largest absolute Gasteiger partial charge is 0.465 e. The molecular weight excluding hydrogens is 378 g/mol. The highest BCUT2D eigenvalue weighted by Gasteiger charge is 2.22. The van der Waals surface area contributed by atoms with Crippen LogP contribution in [0, 0.1) is 20.8 Å². The van der Waals surface area contributed by atoms with Crippen molar-refractivity contribution in [2.75, 3.05) is 26.0 Å². The van der Waals surface area contributed by atoms with Gasteiger partial charge in [0.15, 0.2) is 6.54 Å². The Labute approximate surface area is 176 Å². The Hall–Kier alpha value is -3.25. The van der Waals surface area contributed by atoms with Gasteiger partial charge in [0.25, 0.3) is 5.91 Å². The second-order valence-corrected chi connectivity index (χ2v) is 7.67. The molecule has 0 bridgehead atoms. The highest BCUT2D eigenvalue weighted by molar-refractivity contribution is 5.98. The number of anilines is 1. The van der Waals surface area contributed by atoms with Crippen molar-refractivity contribution < 1.29 is 19.2 Å². The fourth-order valence-electron chi connectivity index (χ4n) is 3.64. The summed E-state index contributed by atoms with van der Waals surface area (Å²) in [5.41, 5.74) is 5.79. The second-order valence-electron chi connectivity index (χ2n) is 7.67. The van der Waals surface area contributed by atoms with Crippen molar-refractivity contribution >= 4 is 28.5 Å². The SMILES string of the molecule is COC(=O)c1c(C[NH+](C)CC(=O)Nc2cccc(C)c2C)nc2ccccc2c1C. The molecule has 1 heterocycles. The number of quaternary nitrogens is 1. The lowest BCUT2D eigenvalue weighted by Gasteiger charge is -2.18. The molecule has 1 unspecified atom stereocenters. The number of amides is 1. The third-order valence-electron chi connectivity index (χ3n) is 5.43. The summed E-state index contributed by atoms with van der Waals surface area (Å²) in [6.07, 6.45) is 0. The first-order chi connectivity index (χ1) is 14.3. The van der Waals surface area contributed by atoms with Crippen LogP contribution in [0.3, 0.4) is 0 Å². The Bertz CT molecular complexity index is 1110. The number of nitrogens with zero attached hydrogens (tertiary/aromatic N) is 1. The van der Waals surface area contributed by atoms with Crippen LogP contribution in [0.2, 0.25) is 0 Å². The normalized spacial score (nSPS) is 11.9. The molecule has 1 atom stereocenters. The number of para-hydroxylation sites is 1. The number of benzene rings is 2. The van der Waals surface area contributed by atoms with Crippen LogP contribution < -0.4 is 10.2 Å². The van der Waals surface area contributed by atoms with Crippen LogP contribution >= 0.6 is 0 Å². The summed E-state index contributed by atoms with van der Waals surface area (Å²) in [5.74, 6) is -0.494. The first-order valence-electron chi connectivity index (χ1n) is 9.95. The Kier molecular flexibility index (Phi) is 6.47. The highest BCUT2D eigenvalue weighted by Crippen LogP contribution is 2.23. The predicted molar refractivity (Wildman–Crippen MR) is 118 cm³/mol. The molecule has 0 aliphatic carbocycles. The zero-order valence-electron chi connectivity index (χ0n) is 18.1. The standard InChI is InChI=1S/C24H27N3O3/c1-15-9-8-12-19(16(15)2)26-22(28)14-27(4)13-21-23(24(29)30-5)17(3)18-10-6-7-11-20(18)25-21/h6-12H,13-14H2,1-5H3,(H,26,28)/p+1. The molecule has 0 saturated heterocycles. The molecule has 0 aliphatic heterocycles. The molecule has 0 radical (unpaired) electrons. The van der Waals surface area contributed by atoms with E-state index in [-0.39, 0.29) is 12.5 Å². The number of hydrogen-bond acceptors (Lipinski definition) is 4. The monoisotopic (exact) mass is 406 g/mol. The van der Waals surface area contributed by atoms with Crippen LogP contribution in [0.15, 0.2) is 42.5 Å². The summed E-state index contributed by atoms with van der Waals surface area (Å²) >= 11 is 0. The molecule has 3 aromatic rings. The van der Waals surface area contributed by atoms with Gasteiger partial charge in [-0.3, -0.25) is 4.79 Å². The third-order valence-corrected chi connectivity index (χ3v) is 5.43. The van der Waals surface area contributed by atoms with Gasteiger partial charge in [0.1, 0.15) is 12.2 Å². The van der Waals surface area contributed by atoms with Crippen molar-refractivity contribution in [2.24, 2.45) is 0 Å². The van der Waals surface area contributed by atoms with Gasteiger partial charge in [0.2, 0.25) is 0 Å². The molecule has 30 heavy (non-hydrogen) atoms. The summed E-state index contributed by atoms with van der Waals surface area (Å²) in [6, 6.07) is 13.6. The maximum absolute atomic E-state index is 12.6. The fourth-order valence-corrected chi connectivity index (χ4v) is 3.64. The van der Waals surface area contributed by atoms with E-state index >= 15 is 0 Å². The summed E-state index contributed by atoms with van der Waals surface area (Å²) in [6.45, 7) is 6.59. The number of carbonyl (C=O) groups is 2. The average molecular weight is 407 g/mol. The molecule has 1 amide bonds. The quantitative estimate of drug-likeness (QED) is 0.617. The van der Waals surface area contributed by atoms with Crippen molar-refractivity contribution in [2.45, 2.75) is 27.3 Å². The minimum atomic E-state index is -0.409. The molecule has 0 spiro atoms. The van der Waals surface area contributed by atoms with Gasteiger partial charge in [0.05, 0.1) is 25.2 Å². The first-order valence-corrected chi connectivity index (χ1v) is 9.95. The molecular formula is C24H28N3O3+. The van der Waals surface area contributed by atoms with Crippen LogP contribution in [0.5, 0.6) is 0 Å². The topological polar surface area (TPSA) is 72.7 Å². The van der Waals surface area contributed by atoms with E-state index in [9.17, 15) is 9.59 Å². The van der Waals surface area contributed by atoms with E-state index in [0.717, 1.165) is 38.2 Å². The van der Waals surface area contributed by atoms with Crippen LogP contribution in [0.25, 0.3) is 10.9 Å². The van der Waals surface area contributed by atoms with Gasteiger partial charge in [-0.2, -0.15) is 0 Å². The van der Waals surface area contributed by atoms with Gasteiger partial charge in [-0.15, -0.1) is 0 Å². The van der Waals surface area contributed by atoms with Crippen molar-refractivity contribution in [1.82, 2.24) is 4.98 Å². The summed E-state index contributed by atoms with van der Waals surface area (Å²) in [7, 11) is 3.28. The van der Waals surface area contributed by atoms with E-state index in [0.29, 0.717) is 17.8 Å². The van der Waals surface area contributed by atoms with Gasteiger partial charge < -0.3 is 15.0 Å². The van der Waals surface area contributed by atoms with Crippen LogP contribution in [0.4, 0.5) is 5.69 Å². The van der Waals surface area contributed by atoms with Gasteiger partial charge in [0, 0.05) is 11.1 Å². The smallest absolute Gasteiger partial charge is 0.340 e. The van der Waals surface area contributed by atoms with Crippen molar-refractivity contribution in [3.8, 4) is 0 Å². The number of rotatable bonds is 6. The molecule has 6 heteroatoms. The van der Waals surface area contributed by atoms with Gasteiger partial charge in [-0.25, -0.2) is 9.78 Å². The Morgan fingerprint density at radius 1 is 1.03 bits per heavy atom. The van der Waals surface area contributed by atoms with E-state index in [1.807, 2.05) is 70.3 Å². The van der Waals surface area contributed by atoms with E-state index in [2.05, 4.69) is 5.32 Å². The van der Waals surface area contributed by atoms with E-state index < -0.39 is 5.97 Å². The Balaban J connectivity index is 1.82. The zero-order valence-corrected chi connectivity index (χ0v) is 18.1. The minimum absolute atomic E-state index is 0.0849. The summed E-state index contributed by atoms with van der Waals surface area (Å²) < 4.78 is 5.01. The number of likely N-dealkylation sites (N-methyl/N-ethyl adjacent to an activating group) is 1. The number of aromatic nitrogens is 1. The minimum Gasteiger partial charge on any atom is -0.465 e. The van der Waals surface area contributed by atoms with Crippen LogP contribution in [-0.2, 0) is 16.1 Å². The number of methoxy groups -OCH3 is 1. The molecule has 6 nitrogen and oxygen atoms in total. The molecule has 0 aliphatic rings. The number of fused-ring (bicyclic) bond motifs is 1. The van der Waals surface area contributed by atoms with E-state index in [4.69, 9.17) is 9.72 Å².